The highest BCUT2D eigenvalue weighted by atomic mass is 79.9. The Morgan fingerprint density at radius 1 is 1.20 bits per heavy atom. The second kappa shape index (κ2) is 6.62. The van der Waals surface area contributed by atoms with Crippen molar-refractivity contribution < 1.29 is 0 Å². The van der Waals surface area contributed by atoms with E-state index in [0.717, 1.165) is 23.2 Å². The molecule has 84 valence electrons. The van der Waals surface area contributed by atoms with Gasteiger partial charge in [0.05, 0.1) is 0 Å². The number of aryl methyl sites for hydroxylation is 1. The smallest absolute Gasteiger partial charge is 0.0399 e. The lowest BCUT2D eigenvalue weighted by Crippen LogP contribution is -2.27. The van der Waals surface area contributed by atoms with E-state index in [2.05, 4.69) is 46.0 Å². The summed E-state index contributed by atoms with van der Waals surface area (Å²) in [4.78, 5) is 2.18. The van der Waals surface area contributed by atoms with Crippen LogP contribution in [0.3, 0.4) is 0 Å². The highest BCUT2D eigenvalue weighted by molar-refractivity contribution is 9.10. The number of alkyl halides is 2. The molecule has 0 aliphatic carbocycles. The number of hydrogen-bond donors (Lipinski definition) is 0. The van der Waals surface area contributed by atoms with Gasteiger partial charge < -0.3 is 4.90 Å². The number of hydrogen-bond acceptors (Lipinski definition) is 1. The van der Waals surface area contributed by atoms with Crippen LogP contribution in [-0.2, 0) is 0 Å². The highest BCUT2D eigenvalue weighted by Gasteiger charge is 2.06. The Kier molecular flexibility index (Phi) is 5.80. The van der Waals surface area contributed by atoms with Crippen molar-refractivity contribution in [3.05, 3.63) is 28.2 Å². The van der Waals surface area contributed by atoms with Crippen LogP contribution in [0.5, 0.6) is 0 Å². The maximum absolute atomic E-state index is 5.76. The van der Waals surface area contributed by atoms with E-state index in [0.29, 0.717) is 11.8 Å². The van der Waals surface area contributed by atoms with Gasteiger partial charge in [0.25, 0.3) is 0 Å². The zero-order valence-corrected chi connectivity index (χ0v) is 11.7. The predicted octanol–water partition coefficient (Wildman–Crippen LogP) is 4.04. The largest absolute Gasteiger partial charge is 0.369 e. The molecule has 1 aromatic rings. The molecule has 0 N–H and O–H groups in total. The van der Waals surface area contributed by atoms with E-state index in [-0.39, 0.29) is 0 Å². The maximum atomic E-state index is 5.76. The minimum Gasteiger partial charge on any atom is -0.369 e. The zero-order chi connectivity index (χ0) is 11.3. The third kappa shape index (κ3) is 3.86. The molecule has 0 amide bonds. The number of halogens is 3. The fourth-order valence-corrected chi connectivity index (χ4v) is 2.13. The lowest BCUT2D eigenvalue weighted by atomic mass is 10.2. The van der Waals surface area contributed by atoms with Gasteiger partial charge in [-0.15, -0.1) is 23.2 Å². The maximum Gasteiger partial charge on any atom is 0.0399 e. The van der Waals surface area contributed by atoms with Crippen LogP contribution in [0.1, 0.15) is 5.56 Å². The van der Waals surface area contributed by atoms with E-state index < -0.39 is 0 Å². The van der Waals surface area contributed by atoms with Gasteiger partial charge in [-0.25, -0.2) is 0 Å². The normalized spacial score (nSPS) is 10.4. The van der Waals surface area contributed by atoms with Crippen molar-refractivity contribution in [1.82, 2.24) is 0 Å². The summed E-state index contributed by atoms with van der Waals surface area (Å²) in [5, 5.41) is 0. The molecule has 0 spiro atoms. The van der Waals surface area contributed by atoms with Crippen LogP contribution < -0.4 is 4.90 Å². The van der Waals surface area contributed by atoms with E-state index in [1.807, 2.05) is 0 Å². The topological polar surface area (TPSA) is 3.24 Å². The Balaban J connectivity index is 2.85. The Bertz CT molecular complexity index is 311. The minimum absolute atomic E-state index is 0.613. The second-order valence-corrected chi connectivity index (χ2v) is 4.91. The molecule has 15 heavy (non-hydrogen) atoms. The Labute approximate surface area is 109 Å². The summed E-state index contributed by atoms with van der Waals surface area (Å²) in [7, 11) is 0. The van der Waals surface area contributed by atoms with Crippen LogP contribution in [-0.4, -0.2) is 24.8 Å². The zero-order valence-electron chi connectivity index (χ0n) is 8.64. The predicted molar refractivity (Wildman–Crippen MR) is 72.5 cm³/mol. The van der Waals surface area contributed by atoms with Crippen molar-refractivity contribution in [3.63, 3.8) is 0 Å². The van der Waals surface area contributed by atoms with E-state index in [9.17, 15) is 0 Å². The van der Waals surface area contributed by atoms with Gasteiger partial charge in [0, 0.05) is 35.0 Å². The van der Waals surface area contributed by atoms with E-state index in [1.165, 1.54) is 5.56 Å². The van der Waals surface area contributed by atoms with Gasteiger partial charge in [-0.05, 0) is 24.6 Å². The molecule has 0 atom stereocenters. The Morgan fingerprint density at radius 2 is 1.80 bits per heavy atom. The SMILES string of the molecule is Cc1ccc(N(CCCl)CCCl)cc1Br. The lowest BCUT2D eigenvalue weighted by molar-refractivity contribution is 0.873. The summed E-state index contributed by atoms with van der Waals surface area (Å²) in [6.07, 6.45) is 0. The van der Waals surface area contributed by atoms with Gasteiger partial charge >= 0.3 is 0 Å². The van der Waals surface area contributed by atoms with Crippen molar-refractivity contribution >= 4 is 44.8 Å². The molecule has 1 nitrogen and oxygen atoms in total. The van der Waals surface area contributed by atoms with Gasteiger partial charge in [0.15, 0.2) is 0 Å². The monoisotopic (exact) mass is 309 g/mol. The summed E-state index contributed by atoms with van der Waals surface area (Å²) >= 11 is 15.0. The fraction of sp³-hybridized carbons (Fsp3) is 0.455. The highest BCUT2D eigenvalue weighted by Crippen LogP contribution is 2.23. The molecule has 0 unspecified atom stereocenters. The van der Waals surface area contributed by atoms with Gasteiger partial charge in [-0.3, -0.25) is 0 Å². The van der Waals surface area contributed by atoms with Gasteiger partial charge in [0.2, 0.25) is 0 Å². The first kappa shape index (κ1) is 13.1. The van der Waals surface area contributed by atoms with Gasteiger partial charge in [0.1, 0.15) is 0 Å². The van der Waals surface area contributed by atoms with Crippen LogP contribution in [0.2, 0.25) is 0 Å². The van der Waals surface area contributed by atoms with E-state index >= 15 is 0 Å². The average Bonchev–Trinajstić information content (AvgIpc) is 2.22. The first-order valence-corrected chi connectivity index (χ1v) is 6.68. The van der Waals surface area contributed by atoms with Crippen LogP contribution in [0.4, 0.5) is 5.69 Å². The van der Waals surface area contributed by atoms with Gasteiger partial charge in [-0.1, -0.05) is 22.0 Å². The van der Waals surface area contributed by atoms with E-state index in [1.54, 1.807) is 0 Å². The number of anilines is 1. The molecule has 0 radical (unpaired) electrons. The summed E-state index contributed by atoms with van der Waals surface area (Å²) in [5.74, 6) is 1.23. The number of benzene rings is 1. The van der Waals surface area contributed by atoms with Crippen molar-refractivity contribution in [2.75, 3.05) is 29.7 Å². The van der Waals surface area contributed by atoms with Crippen molar-refractivity contribution in [2.24, 2.45) is 0 Å². The van der Waals surface area contributed by atoms with Crippen molar-refractivity contribution in [1.29, 1.82) is 0 Å². The molecule has 1 aromatic carbocycles. The molecule has 0 saturated heterocycles. The third-order valence-corrected chi connectivity index (χ3v) is 3.42. The van der Waals surface area contributed by atoms with Gasteiger partial charge in [-0.2, -0.15) is 0 Å². The summed E-state index contributed by atoms with van der Waals surface area (Å²) < 4.78 is 1.12. The molecule has 0 bridgehead atoms. The molecule has 1 rings (SSSR count). The first-order chi connectivity index (χ1) is 7.19. The molecule has 0 aliphatic heterocycles. The van der Waals surface area contributed by atoms with Crippen LogP contribution in [0, 0.1) is 6.92 Å². The molecular formula is C11H14BrCl2N. The molecular weight excluding hydrogens is 297 g/mol. The molecule has 0 fully saturated rings. The molecule has 0 saturated carbocycles. The minimum atomic E-state index is 0.613. The first-order valence-electron chi connectivity index (χ1n) is 4.82. The van der Waals surface area contributed by atoms with Crippen molar-refractivity contribution in [3.8, 4) is 0 Å². The lowest BCUT2D eigenvalue weighted by Gasteiger charge is -2.23. The fourth-order valence-electron chi connectivity index (χ4n) is 1.35. The summed E-state index contributed by atoms with van der Waals surface area (Å²) in [6.45, 7) is 3.72. The van der Waals surface area contributed by atoms with Crippen LogP contribution in [0.25, 0.3) is 0 Å². The summed E-state index contributed by atoms with van der Waals surface area (Å²) in [5.41, 5.74) is 2.39. The molecule has 0 aromatic heterocycles. The van der Waals surface area contributed by atoms with Crippen LogP contribution in [0.15, 0.2) is 22.7 Å². The standard InChI is InChI=1S/C11H14BrCl2N/c1-9-2-3-10(8-11(9)12)15(6-4-13)7-5-14/h2-3,8H,4-7H2,1H3. The summed E-state index contributed by atoms with van der Waals surface area (Å²) in [6, 6.07) is 6.29. The average molecular weight is 311 g/mol. The molecule has 0 aliphatic rings. The number of rotatable bonds is 5. The molecule has 4 heteroatoms. The molecule has 0 heterocycles. The van der Waals surface area contributed by atoms with Crippen molar-refractivity contribution in [2.45, 2.75) is 6.92 Å². The third-order valence-electron chi connectivity index (χ3n) is 2.23. The number of nitrogens with zero attached hydrogens (tertiary/aromatic N) is 1. The Hall–Kier alpha value is 0.0800. The quantitative estimate of drug-likeness (QED) is 0.742. The van der Waals surface area contributed by atoms with E-state index in [4.69, 9.17) is 23.2 Å². The van der Waals surface area contributed by atoms with Crippen LogP contribution >= 0.6 is 39.1 Å². The second-order valence-electron chi connectivity index (χ2n) is 3.30. The Morgan fingerprint density at radius 3 is 2.27 bits per heavy atom.